The minimum absolute atomic E-state index is 0.351. The summed E-state index contributed by atoms with van der Waals surface area (Å²) in [6, 6.07) is 0.813. The van der Waals surface area contributed by atoms with E-state index in [1.165, 1.54) is 45.1 Å². The maximum Gasteiger partial charge on any atom is 0.137 e. The first-order valence-electron chi connectivity index (χ1n) is 8.51. The van der Waals surface area contributed by atoms with Crippen LogP contribution in [0.3, 0.4) is 0 Å². The van der Waals surface area contributed by atoms with Gasteiger partial charge in [0.25, 0.3) is 0 Å². The van der Waals surface area contributed by atoms with E-state index in [-0.39, 0.29) is 0 Å². The Hall–Kier alpha value is -0.370. The van der Waals surface area contributed by atoms with Gasteiger partial charge in [-0.15, -0.1) is 0 Å². The Kier molecular flexibility index (Phi) is 4.26. The van der Waals surface area contributed by atoms with Gasteiger partial charge >= 0.3 is 0 Å². The minimum Gasteiger partial charge on any atom is -0.299 e. The highest BCUT2D eigenvalue weighted by molar-refractivity contribution is 5.81. The SMILES string of the molecule is CC1CCC(=O)C(CN2CCC[C@H]3CCCC[C@H]32)C1. The van der Waals surface area contributed by atoms with Crippen molar-refractivity contribution >= 4 is 5.78 Å². The number of fused-ring (bicyclic) bond motifs is 1. The summed E-state index contributed by atoms with van der Waals surface area (Å²) in [7, 11) is 0. The van der Waals surface area contributed by atoms with Crippen LogP contribution < -0.4 is 0 Å². The molecule has 3 rings (SSSR count). The lowest BCUT2D eigenvalue weighted by Crippen LogP contribution is -2.49. The van der Waals surface area contributed by atoms with Crippen LogP contribution in [0.15, 0.2) is 0 Å². The van der Waals surface area contributed by atoms with Gasteiger partial charge in [-0.25, -0.2) is 0 Å². The second-order valence-corrected chi connectivity index (χ2v) is 7.29. The number of ketones is 1. The molecule has 0 spiro atoms. The molecule has 2 aliphatic carbocycles. The van der Waals surface area contributed by atoms with E-state index >= 15 is 0 Å². The average Bonchev–Trinajstić information content (AvgIpc) is 2.43. The number of carbonyl (C=O) groups excluding carboxylic acids is 1. The summed E-state index contributed by atoms with van der Waals surface area (Å²) in [6.07, 6.45) is 11.6. The number of rotatable bonds is 2. The summed E-state index contributed by atoms with van der Waals surface area (Å²) in [5.41, 5.74) is 0. The molecule has 1 aliphatic heterocycles. The quantitative estimate of drug-likeness (QED) is 0.758. The second-order valence-electron chi connectivity index (χ2n) is 7.29. The number of hydrogen-bond donors (Lipinski definition) is 0. The highest BCUT2D eigenvalue weighted by Crippen LogP contribution is 2.36. The van der Waals surface area contributed by atoms with E-state index in [2.05, 4.69) is 11.8 Å². The van der Waals surface area contributed by atoms with E-state index in [1.807, 2.05) is 0 Å². The van der Waals surface area contributed by atoms with E-state index < -0.39 is 0 Å². The molecule has 0 amide bonds. The number of piperidine rings is 1. The molecule has 4 atom stereocenters. The van der Waals surface area contributed by atoms with E-state index in [0.29, 0.717) is 11.7 Å². The number of hydrogen-bond acceptors (Lipinski definition) is 2. The largest absolute Gasteiger partial charge is 0.299 e. The molecule has 19 heavy (non-hydrogen) atoms. The van der Waals surface area contributed by atoms with E-state index in [4.69, 9.17) is 0 Å². The molecule has 3 aliphatic rings. The summed E-state index contributed by atoms with van der Waals surface area (Å²) in [4.78, 5) is 14.8. The molecule has 0 aromatic carbocycles. The smallest absolute Gasteiger partial charge is 0.137 e. The van der Waals surface area contributed by atoms with Gasteiger partial charge in [0.2, 0.25) is 0 Å². The van der Waals surface area contributed by atoms with Crippen LogP contribution in [0.25, 0.3) is 0 Å². The molecule has 0 radical (unpaired) electrons. The molecule has 108 valence electrons. The first-order chi connectivity index (χ1) is 9.24. The van der Waals surface area contributed by atoms with E-state index in [9.17, 15) is 4.79 Å². The molecular formula is C17H29NO. The maximum absolute atomic E-state index is 12.1. The predicted molar refractivity (Wildman–Crippen MR) is 78.1 cm³/mol. The molecule has 1 heterocycles. The number of Topliss-reactive ketones (excluding diaryl/α,β-unsaturated/α-hetero) is 1. The minimum atomic E-state index is 0.351. The topological polar surface area (TPSA) is 20.3 Å². The molecule has 0 bridgehead atoms. The van der Waals surface area contributed by atoms with Gasteiger partial charge < -0.3 is 0 Å². The lowest BCUT2D eigenvalue weighted by molar-refractivity contribution is -0.126. The Labute approximate surface area is 117 Å². The highest BCUT2D eigenvalue weighted by atomic mass is 16.1. The Morgan fingerprint density at radius 3 is 2.79 bits per heavy atom. The monoisotopic (exact) mass is 263 g/mol. The molecule has 2 saturated carbocycles. The van der Waals surface area contributed by atoms with Gasteiger partial charge in [0.15, 0.2) is 0 Å². The third-order valence-electron chi connectivity index (χ3n) is 5.84. The van der Waals surface area contributed by atoms with Crippen LogP contribution in [0.5, 0.6) is 0 Å². The van der Waals surface area contributed by atoms with Crippen molar-refractivity contribution in [2.45, 2.75) is 70.8 Å². The van der Waals surface area contributed by atoms with Crippen LogP contribution in [-0.4, -0.2) is 29.8 Å². The Bertz CT molecular complexity index is 325. The molecular weight excluding hydrogens is 234 g/mol. The number of carbonyl (C=O) groups is 1. The molecule has 2 nitrogen and oxygen atoms in total. The van der Waals surface area contributed by atoms with Gasteiger partial charge in [-0.05, 0) is 56.9 Å². The fourth-order valence-electron chi connectivity index (χ4n) is 4.74. The number of likely N-dealkylation sites (tertiary alicyclic amines) is 1. The van der Waals surface area contributed by atoms with Crippen molar-refractivity contribution in [3.8, 4) is 0 Å². The third-order valence-corrected chi connectivity index (χ3v) is 5.84. The van der Waals surface area contributed by atoms with Crippen molar-refractivity contribution in [1.29, 1.82) is 0 Å². The standard InChI is InChI=1S/C17H29NO/c1-13-8-9-17(19)15(11-13)12-18-10-4-6-14-5-2-3-7-16(14)18/h13-16H,2-12H2,1H3/t13?,14-,15?,16-/m1/s1. The molecule has 2 unspecified atom stereocenters. The summed E-state index contributed by atoms with van der Waals surface area (Å²) in [5.74, 6) is 2.61. The zero-order valence-corrected chi connectivity index (χ0v) is 12.4. The fraction of sp³-hybridized carbons (Fsp3) is 0.941. The zero-order chi connectivity index (χ0) is 13.2. The van der Waals surface area contributed by atoms with Gasteiger partial charge in [0, 0.05) is 24.9 Å². The van der Waals surface area contributed by atoms with Crippen molar-refractivity contribution in [2.24, 2.45) is 17.8 Å². The van der Waals surface area contributed by atoms with Crippen LogP contribution in [0.4, 0.5) is 0 Å². The van der Waals surface area contributed by atoms with Crippen molar-refractivity contribution in [3.63, 3.8) is 0 Å². The van der Waals surface area contributed by atoms with E-state index in [0.717, 1.165) is 43.7 Å². The Balaban J connectivity index is 1.62. The first kappa shape index (κ1) is 13.6. The highest BCUT2D eigenvalue weighted by Gasteiger charge is 2.36. The normalized spacial score (nSPS) is 41.0. The van der Waals surface area contributed by atoms with Crippen molar-refractivity contribution in [2.75, 3.05) is 13.1 Å². The lowest BCUT2D eigenvalue weighted by Gasteiger charge is -2.45. The Morgan fingerprint density at radius 2 is 1.89 bits per heavy atom. The maximum atomic E-state index is 12.1. The van der Waals surface area contributed by atoms with Crippen molar-refractivity contribution < 1.29 is 4.79 Å². The van der Waals surface area contributed by atoms with Crippen LogP contribution in [0.2, 0.25) is 0 Å². The summed E-state index contributed by atoms with van der Waals surface area (Å²) >= 11 is 0. The first-order valence-corrected chi connectivity index (χ1v) is 8.51. The lowest BCUT2D eigenvalue weighted by atomic mass is 9.76. The molecule has 1 saturated heterocycles. The average molecular weight is 263 g/mol. The Morgan fingerprint density at radius 1 is 1.11 bits per heavy atom. The molecule has 0 N–H and O–H groups in total. The summed E-state index contributed by atoms with van der Waals surface area (Å²) in [5, 5.41) is 0. The summed E-state index contributed by atoms with van der Waals surface area (Å²) in [6.45, 7) is 4.64. The van der Waals surface area contributed by atoms with Gasteiger partial charge in [-0.3, -0.25) is 9.69 Å². The summed E-state index contributed by atoms with van der Waals surface area (Å²) < 4.78 is 0. The van der Waals surface area contributed by atoms with Gasteiger partial charge in [-0.1, -0.05) is 19.8 Å². The van der Waals surface area contributed by atoms with Gasteiger partial charge in [-0.2, -0.15) is 0 Å². The van der Waals surface area contributed by atoms with Crippen LogP contribution in [0.1, 0.15) is 64.7 Å². The van der Waals surface area contributed by atoms with E-state index in [1.54, 1.807) is 0 Å². The molecule has 0 aromatic heterocycles. The van der Waals surface area contributed by atoms with Gasteiger partial charge in [0.05, 0.1) is 0 Å². The second kappa shape index (κ2) is 5.95. The fourth-order valence-corrected chi connectivity index (χ4v) is 4.74. The third kappa shape index (κ3) is 3.04. The van der Waals surface area contributed by atoms with Crippen LogP contribution in [-0.2, 0) is 4.79 Å². The van der Waals surface area contributed by atoms with Crippen LogP contribution >= 0.6 is 0 Å². The molecule has 0 aromatic rings. The van der Waals surface area contributed by atoms with Crippen LogP contribution in [0, 0.1) is 17.8 Å². The van der Waals surface area contributed by atoms with Gasteiger partial charge in [0.1, 0.15) is 5.78 Å². The van der Waals surface area contributed by atoms with Crippen molar-refractivity contribution in [3.05, 3.63) is 0 Å². The molecule has 3 fully saturated rings. The van der Waals surface area contributed by atoms with Crippen molar-refractivity contribution in [1.82, 2.24) is 4.90 Å². The molecule has 2 heteroatoms. The zero-order valence-electron chi connectivity index (χ0n) is 12.4. The number of nitrogens with zero attached hydrogens (tertiary/aromatic N) is 1. The predicted octanol–water partition coefficient (Wildman–Crippen LogP) is 3.65.